The Morgan fingerprint density at radius 3 is 2.38 bits per heavy atom. The van der Waals surface area contributed by atoms with E-state index in [9.17, 15) is 9.59 Å². The summed E-state index contributed by atoms with van der Waals surface area (Å²) in [6, 6.07) is 19.2. The van der Waals surface area contributed by atoms with Crippen LogP contribution >= 0.6 is 0 Å². The molecule has 0 radical (unpaired) electrons. The minimum atomic E-state index is -0.490. The van der Waals surface area contributed by atoms with Gasteiger partial charge in [-0.05, 0) is 24.5 Å². The van der Waals surface area contributed by atoms with Crippen LogP contribution in [0.1, 0.15) is 24.5 Å². The van der Waals surface area contributed by atoms with E-state index in [2.05, 4.69) is 5.32 Å². The molecule has 1 saturated heterocycles. The number of carbonyl (C=O) groups excluding carboxylic acids is 2. The van der Waals surface area contributed by atoms with Crippen LogP contribution in [0.2, 0.25) is 0 Å². The standard InChI is InChI=1S/C21H24N2O3/c1-16(22-21(25)26-15-18-10-6-3-7-11-18)19-12-13-23(20(19)24)14-17-8-4-2-5-9-17/h2-11,16,19H,12-15H2,1H3,(H,22,25)/t16?,19-/m0/s1. The number of hydrogen-bond donors (Lipinski definition) is 1. The zero-order valence-corrected chi connectivity index (χ0v) is 14.9. The van der Waals surface area contributed by atoms with Gasteiger partial charge in [-0.2, -0.15) is 0 Å². The largest absolute Gasteiger partial charge is 0.445 e. The van der Waals surface area contributed by atoms with E-state index < -0.39 is 6.09 Å². The quantitative estimate of drug-likeness (QED) is 0.867. The van der Waals surface area contributed by atoms with Crippen LogP contribution in [0.4, 0.5) is 4.79 Å². The number of carbonyl (C=O) groups is 2. The molecule has 2 aromatic rings. The second-order valence-corrected chi connectivity index (χ2v) is 6.64. The van der Waals surface area contributed by atoms with Crippen molar-refractivity contribution in [2.45, 2.75) is 32.5 Å². The number of nitrogens with zero attached hydrogens (tertiary/aromatic N) is 1. The molecule has 1 unspecified atom stereocenters. The van der Waals surface area contributed by atoms with Gasteiger partial charge >= 0.3 is 6.09 Å². The van der Waals surface area contributed by atoms with Crippen molar-refractivity contribution in [3.05, 3.63) is 71.8 Å². The van der Waals surface area contributed by atoms with E-state index in [0.29, 0.717) is 13.1 Å². The Bertz CT molecular complexity index is 733. The first-order valence-corrected chi connectivity index (χ1v) is 8.93. The molecule has 0 spiro atoms. The Balaban J connectivity index is 1.48. The minimum Gasteiger partial charge on any atom is -0.445 e. The fraction of sp³-hybridized carbons (Fsp3) is 0.333. The van der Waals surface area contributed by atoms with Gasteiger partial charge in [-0.1, -0.05) is 60.7 Å². The molecule has 2 aromatic carbocycles. The van der Waals surface area contributed by atoms with Gasteiger partial charge in [0.05, 0.1) is 5.92 Å². The van der Waals surface area contributed by atoms with E-state index in [1.165, 1.54) is 0 Å². The molecule has 0 bridgehead atoms. The molecule has 0 aliphatic carbocycles. The van der Waals surface area contributed by atoms with Crippen LogP contribution in [0.3, 0.4) is 0 Å². The molecule has 1 aliphatic rings. The molecule has 2 amide bonds. The van der Waals surface area contributed by atoms with Crippen LogP contribution in [-0.4, -0.2) is 29.5 Å². The van der Waals surface area contributed by atoms with Gasteiger partial charge < -0.3 is 15.0 Å². The normalized spacial score (nSPS) is 17.8. The van der Waals surface area contributed by atoms with Crippen molar-refractivity contribution in [3.63, 3.8) is 0 Å². The van der Waals surface area contributed by atoms with E-state index in [1.54, 1.807) is 0 Å². The highest BCUT2D eigenvalue weighted by atomic mass is 16.5. The first-order chi connectivity index (χ1) is 12.6. The molecule has 3 rings (SSSR count). The molecule has 5 heteroatoms. The zero-order chi connectivity index (χ0) is 18.4. The number of ether oxygens (including phenoxy) is 1. The average Bonchev–Trinajstić information content (AvgIpc) is 3.02. The topological polar surface area (TPSA) is 58.6 Å². The third-order valence-corrected chi connectivity index (χ3v) is 4.72. The molecule has 136 valence electrons. The van der Waals surface area contributed by atoms with Crippen LogP contribution < -0.4 is 5.32 Å². The Morgan fingerprint density at radius 1 is 1.12 bits per heavy atom. The van der Waals surface area contributed by atoms with Crippen LogP contribution in [0.25, 0.3) is 0 Å². The smallest absolute Gasteiger partial charge is 0.407 e. The van der Waals surface area contributed by atoms with Gasteiger partial charge in [0.25, 0.3) is 0 Å². The second-order valence-electron chi connectivity index (χ2n) is 6.64. The van der Waals surface area contributed by atoms with Crippen molar-refractivity contribution < 1.29 is 14.3 Å². The predicted octanol–water partition coefficient (Wildman–Crippen LogP) is 3.35. The molecular weight excluding hydrogens is 328 g/mol. The molecule has 1 aliphatic heterocycles. The van der Waals surface area contributed by atoms with Gasteiger partial charge in [0.2, 0.25) is 5.91 Å². The SMILES string of the molecule is CC(NC(=O)OCc1ccccc1)[C@@H]1CCN(Cc2ccccc2)C1=O. The fourth-order valence-corrected chi connectivity index (χ4v) is 3.24. The number of likely N-dealkylation sites (tertiary alicyclic amines) is 1. The molecule has 1 N–H and O–H groups in total. The maximum absolute atomic E-state index is 12.6. The lowest BCUT2D eigenvalue weighted by Crippen LogP contribution is -2.41. The van der Waals surface area contributed by atoms with E-state index in [4.69, 9.17) is 4.74 Å². The summed E-state index contributed by atoms with van der Waals surface area (Å²) in [6.45, 7) is 3.40. The van der Waals surface area contributed by atoms with Gasteiger partial charge in [0.15, 0.2) is 0 Å². The van der Waals surface area contributed by atoms with Crippen molar-refractivity contribution in [2.24, 2.45) is 5.92 Å². The molecule has 1 heterocycles. The fourth-order valence-electron chi connectivity index (χ4n) is 3.24. The van der Waals surface area contributed by atoms with Gasteiger partial charge in [-0.15, -0.1) is 0 Å². The summed E-state index contributed by atoms with van der Waals surface area (Å²) in [5.74, 6) is -0.118. The Morgan fingerprint density at radius 2 is 1.73 bits per heavy atom. The summed E-state index contributed by atoms with van der Waals surface area (Å²) in [7, 11) is 0. The van der Waals surface area contributed by atoms with Crippen molar-refractivity contribution in [3.8, 4) is 0 Å². The Hall–Kier alpha value is -2.82. The van der Waals surface area contributed by atoms with Gasteiger partial charge in [0, 0.05) is 19.1 Å². The minimum absolute atomic E-state index is 0.0877. The number of hydrogen-bond acceptors (Lipinski definition) is 3. The van der Waals surface area contributed by atoms with Gasteiger partial charge in [-0.3, -0.25) is 4.79 Å². The third kappa shape index (κ3) is 4.63. The monoisotopic (exact) mass is 352 g/mol. The summed E-state index contributed by atoms with van der Waals surface area (Å²) in [6.07, 6.45) is 0.252. The number of benzene rings is 2. The van der Waals surface area contributed by atoms with Crippen molar-refractivity contribution in [2.75, 3.05) is 6.54 Å². The van der Waals surface area contributed by atoms with Crippen LogP contribution in [0.5, 0.6) is 0 Å². The van der Waals surface area contributed by atoms with Crippen LogP contribution in [-0.2, 0) is 22.7 Å². The predicted molar refractivity (Wildman–Crippen MR) is 99.2 cm³/mol. The number of amides is 2. The third-order valence-electron chi connectivity index (χ3n) is 4.72. The highest BCUT2D eigenvalue weighted by Gasteiger charge is 2.36. The van der Waals surface area contributed by atoms with E-state index in [0.717, 1.165) is 17.5 Å². The Kier molecular flexibility index (Phi) is 5.89. The lowest BCUT2D eigenvalue weighted by atomic mass is 10.00. The van der Waals surface area contributed by atoms with Crippen molar-refractivity contribution in [1.82, 2.24) is 10.2 Å². The Labute approximate surface area is 154 Å². The number of alkyl carbamates (subject to hydrolysis) is 1. The summed E-state index contributed by atoms with van der Waals surface area (Å²) in [5, 5.41) is 2.80. The molecule has 26 heavy (non-hydrogen) atoms. The highest BCUT2D eigenvalue weighted by Crippen LogP contribution is 2.23. The summed E-state index contributed by atoms with van der Waals surface area (Å²) in [4.78, 5) is 26.5. The summed E-state index contributed by atoms with van der Waals surface area (Å²) >= 11 is 0. The second kappa shape index (κ2) is 8.52. The number of nitrogens with one attached hydrogen (secondary N) is 1. The summed E-state index contributed by atoms with van der Waals surface area (Å²) < 4.78 is 5.24. The first kappa shape index (κ1) is 18.0. The molecular formula is C21H24N2O3. The molecule has 2 atom stereocenters. The average molecular weight is 352 g/mol. The maximum Gasteiger partial charge on any atom is 0.407 e. The molecule has 0 aromatic heterocycles. The zero-order valence-electron chi connectivity index (χ0n) is 14.9. The van der Waals surface area contributed by atoms with Crippen molar-refractivity contribution in [1.29, 1.82) is 0 Å². The maximum atomic E-state index is 12.6. The summed E-state index contributed by atoms with van der Waals surface area (Å²) in [5.41, 5.74) is 2.05. The van der Waals surface area contributed by atoms with E-state index in [1.807, 2.05) is 72.5 Å². The van der Waals surface area contributed by atoms with Crippen LogP contribution in [0, 0.1) is 5.92 Å². The van der Waals surface area contributed by atoms with Gasteiger partial charge in [-0.25, -0.2) is 4.79 Å². The van der Waals surface area contributed by atoms with Crippen LogP contribution in [0.15, 0.2) is 60.7 Å². The van der Waals surface area contributed by atoms with E-state index >= 15 is 0 Å². The molecule has 5 nitrogen and oxygen atoms in total. The van der Waals surface area contributed by atoms with E-state index in [-0.39, 0.29) is 24.5 Å². The molecule has 0 saturated carbocycles. The lowest BCUT2D eigenvalue weighted by molar-refractivity contribution is -0.132. The highest BCUT2D eigenvalue weighted by molar-refractivity contribution is 5.82. The first-order valence-electron chi connectivity index (χ1n) is 8.93. The van der Waals surface area contributed by atoms with Gasteiger partial charge in [0.1, 0.15) is 6.61 Å². The van der Waals surface area contributed by atoms with Crippen molar-refractivity contribution >= 4 is 12.0 Å². The number of rotatable bonds is 6. The lowest BCUT2D eigenvalue weighted by Gasteiger charge is -2.21. The molecule has 1 fully saturated rings.